The third kappa shape index (κ3) is 4.74. The molecule has 1 aliphatic heterocycles. The highest BCUT2D eigenvalue weighted by Gasteiger charge is 2.60. The molecule has 4 rings (SSSR count). The highest BCUT2D eigenvalue weighted by atomic mass is 32.1. The Bertz CT molecular complexity index is 1170. The molecule has 6 nitrogen and oxygen atoms in total. The third-order valence-corrected chi connectivity index (χ3v) is 7.66. The van der Waals surface area contributed by atoms with E-state index in [1.807, 2.05) is 61.7 Å². The topological polar surface area (TPSA) is 83.4 Å². The molecule has 7 heteroatoms. The van der Waals surface area contributed by atoms with Gasteiger partial charge in [-0.2, -0.15) is 0 Å². The zero-order valence-electron chi connectivity index (χ0n) is 20.9. The van der Waals surface area contributed by atoms with Crippen molar-refractivity contribution in [2.75, 3.05) is 0 Å². The number of nitrogens with zero attached hydrogens (tertiary/aromatic N) is 3. The maximum atomic E-state index is 14.2. The molecule has 1 aromatic carbocycles. The first-order valence-corrected chi connectivity index (χ1v) is 12.9. The number of thiazole rings is 1. The fourth-order valence-corrected chi connectivity index (χ4v) is 6.04. The second-order valence-corrected chi connectivity index (χ2v) is 11.7. The number of carbonyl (C=O) groups is 2. The van der Waals surface area contributed by atoms with Gasteiger partial charge in [0.25, 0.3) is 5.91 Å². The molecule has 3 atom stereocenters. The van der Waals surface area contributed by atoms with Gasteiger partial charge in [-0.15, -0.1) is 11.3 Å². The number of hydrogen-bond donors (Lipinski definition) is 1. The maximum absolute atomic E-state index is 14.2. The molecule has 35 heavy (non-hydrogen) atoms. The first-order chi connectivity index (χ1) is 16.5. The number of hydrogen-bond acceptors (Lipinski definition) is 5. The van der Waals surface area contributed by atoms with Gasteiger partial charge in [0, 0.05) is 34.9 Å². The van der Waals surface area contributed by atoms with Crippen LogP contribution >= 0.6 is 11.3 Å². The molecule has 0 bridgehead atoms. The van der Waals surface area contributed by atoms with E-state index in [0.29, 0.717) is 12.0 Å². The van der Waals surface area contributed by atoms with Gasteiger partial charge in [0.05, 0.1) is 6.04 Å². The number of benzene rings is 1. The summed E-state index contributed by atoms with van der Waals surface area (Å²) in [6.45, 7) is 10.4. The smallest absolute Gasteiger partial charge is 0.329 e. The van der Waals surface area contributed by atoms with Crippen molar-refractivity contribution in [3.05, 3.63) is 82.1 Å². The molecule has 1 aliphatic rings. The average Bonchev–Trinajstić information content (AvgIpc) is 3.45. The van der Waals surface area contributed by atoms with Crippen molar-refractivity contribution in [1.82, 2.24) is 14.9 Å². The standard InChI is InChI=1S/C28H33N3O3S/c1-18(2)16-28(26(33)34)17-21(22-8-6-7-13-29-22)23(24-30-14-15-35-24)31(28)25(32)19-9-11-20(12-10-19)27(3,4)5/h6-15,18,21,23H,16-17H2,1-5H3,(H,33,34)/t21?,23-,28+/m1/s1. The summed E-state index contributed by atoms with van der Waals surface area (Å²) < 4.78 is 0. The highest BCUT2D eigenvalue weighted by Crippen LogP contribution is 2.54. The van der Waals surface area contributed by atoms with Crippen LogP contribution < -0.4 is 0 Å². The molecule has 1 unspecified atom stereocenters. The van der Waals surface area contributed by atoms with Gasteiger partial charge < -0.3 is 10.0 Å². The number of pyridine rings is 1. The van der Waals surface area contributed by atoms with Crippen molar-refractivity contribution in [2.24, 2.45) is 5.92 Å². The molecule has 1 fully saturated rings. The summed E-state index contributed by atoms with van der Waals surface area (Å²) >= 11 is 1.45. The van der Waals surface area contributed by atoms with Gasteiger partial charge in [0.1, 0.15) is 10.5 Å². The van der Waals surface area contributed by atoms with Crippen molar-refractivity contribution in [3.8, 4) is 0 Å². The van der Waals surface area contributed by atoms with Crippen LogP contribution in [0.3, 0.4) is 0 Å². The number of likely N-dealkylation sites (tertiary alicyclic amines) is 1. The summed E-state index contributed by atoms with van der Waals surface area (Å²) in [6, 6.07) is 12.7. The largest absolute Gasteiger partial charge is 0.479 e. The number of amides is 1. The Hall–Kier alpha value is -3.06. The van der Waals surface area contributed by atoms with Gasteiger partial charge in [0.15, 0.2) is 0 Å². The molecule has 3 aromatic rings. The van der Waals surface area contributed by atoms with E-state index in [1.165, 1.54) is 11.3 Å². The zero-order valence-corrected chi connectivity index (χ0v) is 21.7. The van der Waals surface area contributed by atoms with Crippen LogP contribution in [0.5, 0.6) is 0 Å². The molecule has 2 aromatic heterocycles. The Kier molecular flexibility index (Phi) is 6.82. The highest BCUT2D eigenvalue weighted by molar-refractivity contribution is 7.09. The molecule has 0 aliphatic carbocycles. The minimum atomic E-state index is -1.37. The summed E-state index contributed by atoms with van der Waals surface area (Å²) in [5.74, 6) is -1.47. The summed E-state index contributed by atoms with van der Waals surface area (Å²) in [7, 11) is 0. The van der Waals surface area contributed by atoms with Crippen LogP contribution in [0.2, 0.25) is 0 Å². The van der Waals surface area contributed by atoms with Gasteiger partial charge in [-0.1, -0.05) is 52.8 Å². The predicted molar refractivity (Wildman–Crippen MR) is 138 cm³/mol. The average molecular weight is 492 g/mol. The number of aliphatic carboxylic acids is 1. The SMILES string of the molecule is CC(C)C[C@@]1(C(=O)O)CC(c2ccccn2)[C@H](c2nccs2)N1C(=O)c1ccc(C(C)(C)C)cc1. The van der Waals surface area contributed by atoms with E-state index in [4.69, 9.17) is 0 Å². The predicted octanol–water partition coefficient (Wildman–Crippen LogP) is 6.08. The lowest BCUT2D eigenvalue weighted by atomic mass is 9.82. The molecule has 3 heterocycles. The second-order valence-electron chi connectivity index (χ2n) is 10.8. The number of carboxylic acids is 1. The van der Waals surface area contributed by atoms with Crippen molar-refractivity contribution in [2.45, 2.75) is 70.4 Å². The minimum absolute atomic E-state index is 0.0504. The Labute approximate surface area is 211 Å². The van der Waals surface area contributed by atoms with E-state index in [1.54, 1.807) is 17.3 Å². The first-order valence-electron chi connectivity index (χ1n) is 12.0. The van der Waals surface area contributed by atoms with E-state index >= 15 is 0 Å². The van der Waals surface area contributed by atoms with E-state index < -0.39 is 17.6 Å². The van der Waals surface area contributed by atoms with Crippen LogP contribution in [0, 0.1) is 5.92 Å². The van der Waals surface area contributed by atoms with Crippen molar-refractivity contribution in [3.63, 3.8) is 0 Å². The van der Waals surface area contributed by atoms with Gasteiger partial charge >= 0.3 is 5.97 Å². The number of carboxylic acid groups (broad SMARTS) is 1. The fraction of sp³-hybridized carbons (Fsp3) is 0.429. The van der Waals surface area contributed by atoms with Crippen LogP contribution in [-0.2, 0) is 10.2 Å². The normalized spacial score (nSPS) is 22.5. The van der Waals surface area contributed by atoms with Crippen LogP contribution in [0.1, 0.15) is 86.0 Å². The van der Waals surface area contributed by atoms with Crippen molar-refractivity contribution >= 4 is 23.2 Å². The molecule has 0 spiro atoms. The van der Waals surface area contributed by atoms with E-state index in [2.05, 4.69) is 30.7 Å². The van der Waals surface area contributed by atoms with E-state index in [9.17, 15) is 14.7 Å². The molecule has 1 saturated heterocycles. The van der Waals surface area contributed by atoms with Gasteiger partial charge in [-0.05, 0) is 54.0 Å². The second kappa shape index (κ2) is 9.53. The number of aromatic nitrogens is 2. The molecule has 184 valence electrons. The van der Waals surface area contributed by atoms with Crippen molar-refractivity contribution in [1.29, 1.82) is 0 Å². The zero-order chi connectivity index (χ0) is 25.4. The summed E-state index contributed by atoms with van der Waals surface area (Å²) in [4.78, 5) is 38.0. The van der Waals surface area contributed by atoms with Gasteiger partial charge in [-0.3, -0.25) is 9.78 Å². The van der Waals surface area contributed by atoms with Gasteiger partial charge in [-0.25, -0.2) is 9.78 Å². The fourth-order valence-electron chi connectivity index (χ4n) is 5.25. The third-order valence-electron chi connectivity index (χ3n) is 6.81. The lowest BCUT2D eigenvalue weighted by Gasteiger charge is -2.38. The van der Waals surface area contributed by atoms with Crippen LogP contribution in [0.15, 0.2) is 60.2 Å². The Morgan fingerprint density at radius 2 is 1.83 bits per heavy atom. The van der Waals surface area contributed by atoms with Crippen molar-refractivity contribution < 1.29 is 14.7 Å². The lowest BCUT2D eigenvalue weighted by molar-refractivity contribution is -0.150. The number of rotatable bonds is 6. The Morgan fingerprint density at radius 1 is 1.11 bits per heavy atom. The van der Waals surface area contributed by atoms with E-state index in [0.717, 1.165) is 16.3 Å². The molecule has 0 saturated carbocycles. The molecular formula is C28H33N3O3S. The molecule has 1 amide bonds. The summed E-state index contributed by atoms with van der Waals surface area (Å²) in [6.07, 6.45) is 4.06. The lowest BCUT2D eigenvalue weighted by Crippen LogP contribution is -2.54. The molecular weight excluding hydrogens is 458 g/mol. The first kappa shape index (κ1) is 25.0. The summed E-state index contributed by atoms with van der Waals surface area (Å²) in [5.41, 5.74) is 0.957. The summed E-state index contributed by atoms with van der Waals surface area (Å²) in [5, 5.41) is 13.3. The number of carbonyl (C=O) groups excluding carboxylic acids is 1. The van der Waals surface area contributed by atoms with Gasteiger partial charge in [0.2, 0.25) is 0 Å². The van der Waals surface area contributed by atoms with E-state index in [-0.39, 0.29) is 29.6 Å². The van der Waals surface area contributed by atoms with Crippen LogP contribution in [0.4, 0.5) is 0 Å². The molecule has 0 radical (unpaired) electrons. The maximum Gasteiger partial charge on any atom is 0.329 e. The van der Waals surface area contributed by atoms with Crippen LogP contribution in [0.25, 0.3) is 0 Å². The molecule has 1 N–H and O–H groups in total. The Balaban J connectivity index is 1.89. The minimum Gasteiger partial charge on any atom is -0.479 e. The monoisotopic (exact) mass is 491 g/mol. The quantitative estimate of drug-likeness (QED) is 0.452. The van der Waals surface area contributed by atoms with Crippen LogP contribution in [-0.4, -0.2) is 37.4 Å². The Morgan fingerprint density at radius 3 is 2.34 bits per heavy atom.